The zero-order valence-corrected chi connectivity index (χ0v) is 10.9. The van der Waals surface area contributed by atoms with E-state index in [9.17, 15) is 15.0 Å². The third kappa shape index (κ3) is 3.44. The van der Waals surface area contributed by atoms with Gasteiger partial charge in [0.25, 0.3) is 0 Å². The molecule has 2 aromatic rings. The molecule has 1 aromatic carbocycles. The lowest BCUT2D eigenvalue weighted by molar-refractivity contribution is 0.0381. The summed E-state index contributed by atoms with van der Waals surface area (Å²) >= 11 is 0. The van der Waals surface area contributed by atoms with Gasteiger partial charge in [-0.2, -0.15) is 0 Å². The zero-order chi connectivity index (χ0) is 15.4. The number of carbonyl (C=O) groups is 1. The summed E-state index contributed by atoms with van der Waals surface area (Å²) in [7, 11) is 0. The molecule has 8 nitrogen and oxygen atoms in total. The van der Waals surface area contributed by atoms with E-state index in [1.165, 1.54) is 18.2 Å². The van der Waals surface area contributed by atoms with E-state index < -0.39 is 17.7 Å². The van der Waals surface area contributed by atoms with Crippen LogP contribution in [0.3, 0.4) is 0 Å². The van der Waals surface area contributed by atoms with Crippen LogP contribution in [0.5, 0.6) is 11.8 Å². The lowest BCUT2D eigenvalue weighted by Gasteiger charge is -2.07. The summed E-state index contributed by atoms with van der Waals surface area (Å²) in [5.74, 6) is -1.58. The predicted molar refractivity (Wildman–Crippen MR) is 74.6 cm³/mol. The molecule has 0 aliphatic heterocycles. The Morgan fingerprint density at radius 1 is 1.19 bits per heavy atom. The normalized spacial score (nSPS) is 10.1. The Labute approximate surface area is 119 Å². The van der Waals surface area contributed by atoms with Crippen molar-refractivity contribution in [2.24, 2.45) is 16.5 Å². The number of rotatable bonds is 4. The monoisotopic (exact) mass is 290 g/mol. The summed E-state index contributed by atoms with van der Waals surface area (Å²) in [6.07, 6.45) is 0. The van der Waals surface area contributed by atoms with Crippen LogP contribution in [0.1, 0.15) is 15.9 Å². The van der Waals surface area contributed by atoms with Gasteiger partial charge in [-0.1, -0.05) is 12.1 Å². The summed E-state index contributed by atoms with van der Waals surface area (Å²) in [5, 5.41) is 18.8. The van der Waals surface area contributed by atoms with Crippen LogP contribution >= 0.6 is 0 Å². The van der Waals surface area contributed by atoms with Gasteiger partial charge in [-0.25, -0.2) is 9.79 Å². The van der Waals surface area contributed by atoms with Gasteiger partial charge in [0.2, 0.25) is 11.8 Å². The topological polar surface area (TPSA) is 136 Å². The molecule has 0 radical (unpaired) electrons. The first-order valence-corrected chi connectivity index (χ1v) is 5.94. The minimum absolute atomic E-state index is 0.0508. The highest BCUT2D eigenvalue weighted by Gasteiger charge is 2.14. The second kappa shape index (κ2) is 5.87. The van der Waals surface area contributed by atoms with E-state index >= 15 is 0 Å². The Balaban J connectivity index is 2.16. The van der Waals surface area contributed by atoms with Gasteiger partial charge in [0.15, 0.2) is 5.96 Å². The maximum absolute atomic E-state index is 12.0. The molecule has 21 heavy (non-hydrogen) atoms. The van der Waals surface area contributed by atoms with E-state index in [0.717, 1.165) is 0 Å². The molecule has 0 aliphatic carbocycles. The number of guanidine groups is 1. The molecule has 2 rings (SSSR count). The Bertz CT molecular complexity index is 670. The van der Waals surface area contributed by atoms with Crippen molar-refractivity contribution in [2.45, 2.75) is 6.54 Å². The van der Waals surface area contributed by atoms with Crippen molar-refractivity contribution >= 4 is 11.9 Å². The summed E-state index contributed by atoms with van der Waals surface area (Å²) in [6, 6.07) is 8.85. The van der Waals surface area contributed by atoms with Crippen molar-refractivity contribution in [1.82, 2.24) is 4.73 Å². The lowest BCUT2D eigenvalue weighted by atomic mass is 10.1. The summed E-state index contributed by atoms with van der Waals surface area (Å²) in [5.41, 5.74) is 11.4. The largest absolute Gasteiger partial charge is 0.492 e. The van der Waals surface area contributed by atoms with E-state index in [-0.39, 0.29) is 18.1 Å². The third-order valence-electron chi connectivity index (χ3n) is 2.58. The van der Waals surface area contributed by atoms with Crippen LogP contribution in [0, 0.1) is 0 Å². The van der Waals surface area contributed by atoms with Gasteiger partial charge >= 0.3 is 5.97 Å². The first kappa shape index (κ1) is 14.3. The summed E-state index contributed by atoms with van der Waals surface area (Å²) in [4.78, 5) is 20.7. The molecule has 0 saturated heterocycles. The molecule has 0 aliphatic rings. The van der Waals surface area contributed by atoms with E-state index in [1.54, 1.807) is 18.2 Å². The minimum Gasteiger partial charge on any atom is -0.492 e. The van der Waals surface area contributed by atoms with Gasteiger partial charge in [0.1, 0.15) is 0 Å². The van der Waals surface area contributed by atoms with Crippen LogP contribution in [-0.4, -0.2) is 26.9 Å². The zero-order valence-electron chi connectivity index (χ0n) is 10.9. The molecule has 8 heteroatoms. The maximum Gasteiger partial charge on any atom is 0.363 e. The average Bonchev–Trinajstić information content (AvgIpc) is 2.77. The summed E-state index contributed by atoms with van der Waals surface area (Å²) in [6.45, 7) is 0.226. The minimum atomic E-state index is -0.747. The Morgan fingerprint density at radius 2 is 1.86 bits per heavy atom. The fourth-order valence-corrected chi connectivity index (χ4v) is 1.61. The molecule has 1 heterocycles. The van der Waals surface area contributed by atoms with Gasteiger partial charge in [-0.15, -0.1) is 4.73 Å². The number of nitrogens with two attached hydrogens (primary N) is 2. The van der Waals surface area contributed by atoms with Gasteiger partial charge in [0.05, 0.1) is 12.1 Å². The second-order valence-electron chi connectivity index (χ2n) is 4.16. The highest BCUT2D eigenvalue weighted by Crippen LogP contribution is 2.19. The van der Waals surface area contributed by atoms with E-state index in [4.69, 9.17) is 16.3 Å². The Hall–Kier alpha value is -3.16. The van der Waals surface area contributed by atoms with Gasteiger partial charge in [-0.05, 0) is 17.7 Å². The van der Waals surface area contributed by atoms with Crippen molar-refractivity contribution in [2.75, 3.05) is 0 Å². The quantitative estimate of drug-likeness (QED) is 0.460. The van der Waals surface area contributed by atoms with E-state index in [2.05, 4.69) is 4.99 Å². The Morgan fingerprint density at radius 3 is 2.48 bits per heavy atom. The molecule has 0 bridgehead atoms. The fourth-order valence-electron chi connectivity index (χ4n) is 1.61. The Kier molecular flexibility index (Phi) is 3.98. The standard InChI is InChI=1S/C13H14N4O4/c14-13(15)16-7-8-2-1-3-9(6-8)12(20)21-17-10(18)4-5-11(17)19/h1-6,18-19H,7H2,(H4,14,15,16). The van der Waals surface area contributed by atoms with E-state index in [0.29, 0.717) is 10.3 Å². The number of aliphatic imine (C=N–C) groups is 1. The van der Waals surface area contributed by atoms with Crippen molar-refractivity contribution in [3.8, 4) is 11.8 Å². The molecule has 0 atom stereocenters. The molecule has 0 saturated carbocycles. The van der Waals surface area contributed by atoms with Crippen LogP contribution in [0.15, 0.2) is 41.4 Å². The van der Waals surface area contributed by atoms with Crippen LogP contribution < -0.4 is 16.3 Å². The number of aromatic nitrogens is 1. The second-order valence-corrected chi connectivity index (χ2v) is 4.16. The maximum atomic E-state index is 12.0. The van der Waals surface area contributed by atoms with Gasteiger partial charge in [0, 0.05) is 12.1 Å². The summed E-state index contributed by atoms with van der Waals surface area (Å²) < 4.78 is 0.616. The van der Waals surface area contributed by atoms with Crippen LogP contribution in [0.4, 0.5) is 0 Å². The highest BCUT2D eigenvalue weighted by molar-refractivity contribution is 5.90. The SMILES string of the molecule is NC(N)=NCc1cccc(C(=O)On2c(O)ccc2O)c1. The molecule has 0 fully saturated rings. The average molecular weight is 290 g/mol. The molecule has 0 amide bonds. The number of hydrogen-bond acceptors (Lipinski definition) is 5. The lowest BCUT2D eigenvalue weighted by Crippen LogP contribution is -2.22. The van der Waals surface area contributed by atoms with Crippen molar-refractivity contribution in [1.29, 1.82) is 0 Å². The number of aromatic hydroxyl groups is 2. The smallest absolute Gasteiger partial charge is 0.363 e. The van der Waals surface area contributed by atoms with Gasteiger partial charge < -0.3 is 26.5 Å². The van der Waals surface area contributed by atoms with Crippen molar-refractivity contribution in [3.05, 3.63) is 47.5 Å². The van der Waals surface area contributed by atoms with Crippen molar-refractivity contribution < 1.29 is 19.8 Å². The molecule has 1 aromatic heterocycles. The number of carbonyl (C=O) groups excluding carboxylic acids is 1. The van der Waals surface area contributed by atoms with Crippen LogP contribution in [0.25, 0.3) is 0 Å². The number of nitrogens with zero attached hydrogens (tertiary/aromatic N) is 2. The molecule has 110 valence electrons. The highest BCUT2D eigenvalue weighted by atomic mass is 16.7. The van der Waals surface area contributed by atoms with Crippen molar-refractivity contribution in [3.63, 3.8) is 0 Å². The molecular weight excluding hydrogens is 276 g/mol. The van der Waals surface area contributed by atoms with Crippen LogP contribution in [0.2, 0.25) is 0 Å². The predicted octanol–water partition coefficient (Wildman–Crippen LogP) is -0.0583. The molecule has 0 unspecified atom stereocenters. The number of benzene rings is 1. The van der Waals surface area contributed by atoms with E-state index in [1.807, 2.05) is 0 Å². The van der Waals surface area contributed by atoms with Gasteiger partial charge in [-0.3, -0.25) is 0 Å². The molecule has 0 spiro atoms. The first-order chi connectivity index (χ1) is 9.97. The molecule has 6 N–H and O–H groups in total. The molecular formula is C13H14N4O4. The van der Waals surface area contributed by atoms with Crippen LogP contribution in [-0.2, 0) is 6.54 Å². The number of hydrogen-bond donors (Lipinski definition) is 4. The fraction of sp³-hybridized carbons (Fsp3) is 0.0769. The first-order valence-electron chi connectivity index (χ1n) is 5.94. The third-order valence-corrected chi connectivity index (χ3v) is 2.58.